The van der Waals surface area contributed by atoms with Gasteiger partial charge in [0.25, 0.3) is 0 Å². The highest BCUT2D eigenvalue weighted by molar-refractivity contribution is 6.28. The Morgan fingerprint density at radius 2 is 2.07 bits per heavy atom. The van der Waals surface area contributed by atoms with E-state index in [9.17, 15) is 4.39 Å². The van der Waals surface area contributed by atoms with E-state index in [-0.39, 0.29) is 16.5 Å². The number of nitrogens with two attached hydrogens (primary N) is 1. The van der Waals surface area contributed by atoms with Crippen molar-refractivity contribution in [3.63, 3.8) is 0 Å². The molecule has 2 N–H and O–H groups in total. The summed E-state index contributed by atoms with van der Waals surface area (Å²) in [5.41, 5.74) is 6.83. The van der Waals surface area contributed by atoms with Gasteiger partial charge in [0.1, 0.15) is 11.6 Å². The van der Waals surface area contributed by atoms with Gasteiger partial charge >= 0.3 is 0 Å². The molecule has 0 spiro atoms. The smallest absolute Gasteiger partial charge is 0.224 e. The highest BCUT2D eigenvalue weighted by Gasteiger charge is 2.10. The van der Waals surface area contributed by atoms with Crippen LogP contribution in [0, 0.1) is 12.7 Å². The molecular formula is C9H7ClFN3. The Bertz CT molecular complexity index is 513. The van der Waals surface area contributed by atoms with Crippen molar-refractivity contribution in [2.45, 2.75) is 6.92 Å². The molecule has 72 valence electrons. The summed E-state index contributed by atoms with van der Waals surface area (Å²) in [7, 11) is 0. The van der Waals surface area contributed by atoms with Gasteiger partial charge < -0.3 is 5.73 Å². The van der Waals surface area contributed by atoms with Crippen LogP contribution in [-0.2, 0) is 0 Å². The third-order valence-electron chi connectivity index (χ3n) is 2.00. The molecule has 0 aliphatic heterocycles. The van der Waals surface area contributed by atoms with E-state index in [4.69, 9.17) is 17.3 Å². The van der Waals surface area contributed by atoms with E-state index in [0.29, 0.717) is 5.52 Å². The second kappa shape index (κ2) is 3.06. The quantitative estimate of drug-likeness (QED) is 0.681. The minimum Gasteiger partial charge on any atom is -0.383 e. The number of halogens is 2. The van der Waals surface area contributed by atoms with Crippen LogP contribution >= 0.6 is 11.6 Å². The van der Waals surface area contributed by atoms with Gasteiger partial charge in [-0.25, -0.2) is 14.4 Å². The predicted molar refractivity (Wildman–Crippen MR) is 53.7 cm³/mol. The first-order chi connectivity index (χ1) is 6.59. The van der Waals surface area contributed by atoms with Gasteiger partial charge in [0.05, 0.1) is 10.9 Å². The molecule has 5 heteroatoms. The molecule has 2 rings (SSSR count). The molecule has 1 aromatic carbocycles. The largest absolute Gasteiger partial charge is 0.383 e. The zero-order valence-corrected chi connectivity index (χ0v) is 8.14. The zero-order valence-electron chi connectivity index (χ0n) is 7.38. The number of hydrogen-bond acceptors (Lipinski definition) is 3. The lowest BCUT2D eigenvalue weighted by molar-refractivity contribution is 0.639. The second-order valence-corrected chi connectivity index (χ2v) is 3.30. The summed E-state index contributed by atoms with van der Waals surface area (Å²) in [6.45, 7) is 1.81. The van der Waals surface area contributed by atoms with Crippen molar-refractivity contribution in [1.82, 2.24) is 9.97 Å². The normalized spacial score (nSPS) is 10.8. The van der Waals surface area contributed by atoms with Crippen molar-refractivity contribution < 1.29 is 4.39 Å². The average Bonchev–Trinajstić information content (AvgIpc) is 2.10. The van der Waals surface area contributed by atoms with Crippen LogP contribution in [-0.4, -0.2) is 9.97 Å². The molecule has 1 heterocycles. The Labute approximate surface area is 84.7 Å². The first kappa shape index (κ1) is 9.15. The number of hydrogen-bond donors (Lipinski definition) is 1. The second-order valence-electron chi connectivity index (χ2n) is 2.97. The maximum atomic E-state index is 13.4. The molecule has 0 saturated heterocycles. The molecule has 2 aromatic rings. The maximum absolute atomic E-state index is 13.4. The third-order valence-corrected chi connectivity index (χ3v) is 2.17. The van der Waals surface area contributed by atoms with Crippen molar-refractivity contribution >= 4 is 28.3 Å². The lowest BCUT2D eigenvalue weighted by Crippen LogP contribution is -1.98. The maximum Gasteiger partial charge on any atom is 0.224 e. The van der Waals surface area contributed by atoms with E-state index < -0.39 is 5.82 Å². The van der Waals surface area contributed by atoms with E-state index in [2.05, 4.69) is 9.97 Å². The Morgan fingerprint density at radius 3 is 2.79 bits per heavy atom. The summed E-state index contributed by atoms with van der Waals surface area (Å²) in [6.07, 6.45) is 0. The van der Waals surface area contributed by atoms with Crippen LogP contribution in [0.25, 0.3) is 10.9 Å². The lowest BCUT2D eigenvalue weighted by atomic mass is 10.1. The Hall–Kier alpha value is -1.42. The van der Waals surface area contributed by atoms with Crippen LogP contribution in [0.5, 0.6) is 0 Å². The van der Waals surface area contributed by atoms with Crippen LogP contribution in [0.1, 0.15) is 5.56 Å². The van der Waals surface area contributed by atoms with Gasteiger partial charge in [0.2, 0.25) is 5.28 Å². The van der Waals surface area contributed by atoms with E-state index in [0.717, 1.165) is 5.56 Å². The number of aromatic nitrogens is 2. The van der Waals surface area contributed by atoms with Crippen molar-refractivity contribution in [2.75, 3.05) is 5.73 Å². The van der Waals surface area contributed by atoms with Gasteiger partial charge in [-0.3, -0.25) is 0 Å². The summed E-state index contributed by atoms with van der Waals surface area (Å²) in [4.78, 5) is 7.63. The molecule has 0 aliphatic rings. The summed E-state index contributed by atoms with van der Waals surface area (Å²) < 4.78 is 13.4. The van der Waals surface area contributed by atoms with Crippen molar-refractivity contribution in [2.24, 2.45) is 0 Å². The number of nitrogen functional groups attached to an aromatic ring is 1. The SMILES string of the molecule is Cc1ccc(F)c2c(N)nc(Cl)nc12. The van der Waals surface area contributed by atoms with Gasteiger partial charge in [-0.05, 0) is 30.2 Å². The molecule has 0 fully saturated rings. The van der Waals surface area contributed by atoms with Crippen molar-refractivity contribution in [3.8, 4) is 0 Å². The molecule has 0 saturated carbocycles. The predicted octanol–water partition coefficient (Wildman–Crippen LogP) is 2.31. The first-order valence-electron chi connectivity index (χ1n) is 3.97. The number of nitrogens with zero attached hydrogens (tertiary/aromatic N) is 2. The molecule has 3 nitrogen and oxygen atoms in total. The van der Waals surface area contributed by atoms with Crippen LogP contribution in [0.2, 0.25) is 5.28 Å². The highest BCUT2D eigenvalue weighted by Crippen LogP contribution is 2.25. The number of rotatable bonds is 0. The Kier molecular flexibility index (Phi) is 2.00. The first-order valence-corrected chi connectivity index (χ1v) is 4.35. The van der Waals surface area contributed by atoms with Crippen LogP contribution < -0.4 is 5.73 Å². The van der Waals surface area contributed by atoms with Gasteiger partial charge in [-0.15, -0.1) is 0 Å². The van der Waals surface area contributed by atoms with Crippen molar-refractivity contribution in [3.05, 3.63) is 28.8 Å². The van der Waals surface area contributed by atoms with E-state index in [1.807, 2.05) is 6.92 Å². The van der Waals surface area contributed by atoms with Gasteiger partial charge in [-0.2, -0.15) is 0 Å². The topological polar surface area (TPSA) is 51.8 Å². The minimum absolute atomic E-state index is 0.0312. The lowest BCUT2D eigenvalue weighted by Gasteiger charge is -2.04. The van der Waals surface area contributed by atoms with Crippen LogP contribution in [0.3, 0.4) is 0 Å². The van der Waals surface area contributed by atoms with E-state index >= 15 is 0 Å². The Balaban J connectivity index is 3.00. The minimum atomic E-state index is -0.431. The van der Waals surface area contributed by atoms with Gasteiger partial charge in [0.15, 0.2) is 0 Å². The summed E-state index contributed by atoms with van der Waals surface area (Å²) in [5.74, 6) is -0.360. The number of benzene rings is 1. The number of aryl methyl sites for hydroxylation is 1. The fraction of sp³-hybridized carbons (Fsp3) is 0.111. The van der Waals surface area contributed by atoms with E-state index in [1.54, 1.807) is 6.07 Å². The average molecular weight is 212 g/mol. The summed E-state index contributed by atoms with van der Waals surface area (Å²) in [6, 6.07) is 2.96. The fourth-order valence-corrected chi connectivity index (χ4v) is 1.51. The zero-order chi connectivity index (χ0) is 10.3. The van der Waals surface area contributed by atoms with Crippen LogP contribution in [0.15, 0.2) is 12.1 Å². The third kappa shape index (κ3) is 1.28. The van der Waals surface area contributed by atoms with Gasteiger partial charge in [0, 0.05) is 0 Å². The monoisotopic (exact) mass is 211 g/mol. The van der Waals surface area contributed by atoms with Crippen LogP contribution in [0.4, 0.5) is 10.2 Å². The molecule has 0 unspecified atom stereocenters. The molecule has 1 aromatic heterocycles. The molecule has 0 amide bonds. The molecule has 14 heavy (non-hydrogen) atoms. The number of fused-ring (bicyclic) bond motifs is 1. The standard InChI is InChI=1S/C9H7ClFN3/c1-4-2-3-5(11)6-7(4)13-9(10)14-8(6)12/h2-3H,1H3,(H2,12,13,14). The fourth-order valence-electron chi connectivity index (χ4n) is 1.33. The summed E-state index contributed by atoms with van der Waals surface area (Å²) >= 11 is 5.62. The molecule has 0 atom stereocenters. The molecule has 0 aliphatic carbocycles. The van der Waals surface area contributed by atoms with E-state index in [1.165, 1.54) is 6.07 Å². The van der Waals surface area contributed by atoms with Gasteiger partial charge in [-0.1, -0.05) is 6.07 Å². The molecular weight excluding hydrogens is 205 g/mol. The Morgan fingerprint density at radius 1 is 1.36 bits per heavy atom. The number of anilines is 1. The summed E-state index contributed by atoms with van der Waals surface area (Å²) in [5, 5.41) is 0.262. The molecule has 0 bridgehead atoms. The molecule has 0 radical (unpaired) electrons. The highest BCUT2D eigenvalue weighted by atomic mass is 35.5. The van der Waals surface area contributed by atoms with Crippen molar-refractivity contribution in [1.29, 1.82) is 0 Å².